The van der Waals surface area contributed by atoms with E-state index in [1.807, 2.05) is 54.6 Å². The quantitative estimate of drug-likeness (QED) is 0.687. The average Bonchev–Trinajstić information content (AvgIpc) is 3.28. The van der Waals surface area contributed by atoms with E-state index in [-0.39, 0.29) is 11.9 Å². The molecule has 2 heterocycles. The smallest absolute Gasteiger partial charge is 0.220 e. The number of imidazole rings is 1. The van der Waals surface area contributed by atoms with Gasteiger partial charge in [-0.05, 0) is 29.0 Å². The Morgan fingerprint density at radius 2 is 2.04 bits per heavy atom. The zero-order chi connectivity index (χ0) is 19.5. The number of aromatic hydroxyl groups is 1. The first kappa shape index (κ1) is 17.9. The van der Waals surface area contributed by atoms with Gasteiger partial charge >= 0.3 is 0 Å². The highest BCUT2D eigenvalue weighted by Crippen LogP contribution is 2.25. The Balaban J connectivity index is 1.66. The number of rotatable bonds is 6. The first-order valence-electron chi connectivity index (χ1n) is 8.94. The van der Waals surface area contributed by atoms with Crippen LogP contribution in [0.1, 0.15) is 22.9 Å². The van der Waals surface area contributed by atoms with Gasteiger partial charge in [0.05, 0.1) is 24.2 Å². The average molecular weight is 375 g/mol. The summed E-state index contributed by atoms with van der Waals surface area (Å²) < 4.78 is 6.98. The number of fused-ring (bicyclic) bond motifs is 1. The molecule has 0 radical (unpaired) electrons. The van der Waals surface area contributed by atoms with E-state index < -0.39 is 0 Å². The lowest BCUT2D eigenvalue weighted by Gasteiger charge is -2.18. The highest BCUT2D eigenvalue weighted by atomic mass is 16.5. The minimum absolute atomic E-state index is 0.0858. The number of nitrogens with zero attached hydrogens (tertiary/aromatic N) is 4. The van der Waals surface area contributed by atoms with Gasteiger partial charge in [-0.15, -0.1) is 0 Å². The molecule has 0 saturated carbocycles. The van der Waals surface area contributed by atoms with Gasteiger partial charge in [-0.25, -0.2) is 4.98 Å². The van der Waals surface area contributed by atoms with Crippen LogP contribution in [0.4, 0.5) is 5.95 Å². The number of ether oxygens (including phenoxy) is 1. The summed E-state index contributed by atoms with van der Waals surface area (Å²) in [7, 11) is 3.43. The normalized spacial score (nSPS) is 14.0. The Morgan fingerprint density at radius 1 is 1.21 bits per heavy atom. The molecule has 1 aromatic heterocycles. The zero-order valence-electron chi connectivity index (χ0n) is 15.7. The molecule has 0 aliphatic carbocycles. The molecule has 2 N–H and O–H groups in total. The number of methoxy groups -OCH3 is 1. The molecule has 1 unspecified atom stereocenters. The van der Waals surface area contributed by atoms with Crippen LogP contribution in [0, 0.1) is 0 Å². The Kier molecular flexibility index (Phi) is 4.90. The third kappa shape index (κ3) is 3.52. The molecule has 7 heteroatoms. The summed E-state index contributed by atoms with van der Waals surface area (Å²) in [5.41, 5.74) is 2.52. The van der Waals surface area contributed by atoms with E-state index in [2.05, 4.69) is 20.5 Å². The van der Waals surface area contributed by atoms with Crippen molar-refractivity contribution in [3.8, 4) is 5.88 Å². The Bertz CT molecular complexity index is 1140. The third-order valence-electron chi connectivity index (χ3n) is 4.65. The Hall–Kier alpha value is -3.45. The molecule has 142 valence electrons. The fourth-order valence-electron chi connectivity index (χ4n) is 3.13. The van der Waals surface area contributed by atoms with Gasteiger partial charge in [0.1, 0.15) is 5.69 Å². The molecule has 0 saturated heterocycles. The van der Waals surface area contributed by atoms with Crippen molar-refractivity contribution in [3.63, 3.8) is 0 Å². The Labute approximate surface area is 162 Å². The third-order valence-corrected chi connectivity index (χ3v) is 4.65. The van der Waals surface area contributed by atoms with E-state index in [0.717, 1.165) is 21.7 Å². The SMILES string of the molecule is COCC(Nc1nc(C=c2ccc3c(c2)C=NN=3)c(O)n1C)c1ccccc1. The van der Waals surface area contributed by atoms with Crippen LogP contribution in [-0.4, -0.2) is 34.6 Å². The molecule has 1 aliphatic rings. The first-order chi connectivity index (χ1) is 13.7. The maximum atomic E-state index is 10.5. The minimum Gasteiger partial charge on any atom is -0.493 e. The van der Waals surface area contributed by atoms with E-state index >= 15 is 0 Å². The van der Waals surface area contributed by atoms with E-state index in [0.29, 0.717) is 18.2 Å². The first-order valence-corrected chi connectivity index (χ1v) is 8.94. The van der Waals surface area contributed by atoms with Gasteiger partial charge in [0, 0.05) is 19.7 Å². The molecular weight excluding hydrogens is 354 g/mol. The van der Waals surface area contributed by atoms with Gasteiger partial charge in [0.15, 0.2) is 0 Å². The van der Waals surface area contributed by atoms with Crippen molar-refractivity contribution in [1.82, 2.24) is 9.55 Å². The van der Waals surface area contributed by atoms with Gasteiger partial charge in [-0.2, -0.15) is 10.2 Å². The second-order valence-corrected chi connectivity index (χ2v) is 6.57. The largest absolute Gasteiger partial charge is 0.493 e. The maximum Gasteiger partial charge on any atom is 0.220 e. The topological polar surface area (TPSA) is 84.0 Å². The lowest BCUT2D eigenvalue weighted by Crippen LogP contribution is -2.18. The van der Waals surface area contributed by atoms with Gasteiger partial charge in [0.2, 0.25) is 11.8 Å². The molecule has 28 heavy (non-hydrogen) atoms. The molecule has 3 aromatic rings. The van der Waals surface area contributed by atoms with Gasteiger partial charge in [0.25, 0.3) is 0 Å². The fraction of sp³-hybridized carbons (Fsp3) is 0.190. The van der Waals surface area contributed by atoms with Crippen molar-refractivity contribution in [3.05, 3.63) is 75.9 Å². The van der Waals surface area contributed by atoms with E-state index in [4.69, 9.17) is 4.74 Å². The van der Waals surface area contributed by atoms with Crippen LogP contribution in [0.2, 0.25) is 0 Å². The van der Waals surface area contributed by atoms with E-state index in [1.165, 1.54) is 0 Å². The molecule has 4 rings (SSSR count). The van der Waals surface area contributed by atoms with Crippen LogP contribution in [0.15, 0.2) is 58.7 Å². The van der Waals surface area contributed by atoms with Crippen LogP contribution in [0.25, 0.3) is 6.08 Å². The minimum atomic E-state index is -0.0858. The fourth-order valence-corrected chi connectivity index (χ4v) is 3.13. The summed E-state index contributed by atoms with van der Waals surface area (Å²) in [6.45, 7) is 0.477. The second kappa shape index (κ2) is 7.66. The zero-order valence-corrected chi connectivity index (χ0v) is 15.7. The lowest BCUT2D eigenvalue weighted by molar-refractivity contribution is 0.186. The monoisotopic (exact) mass is 375 g/mol. The molecule has 0 bridgehead atoms. The molecule has 1 aliphatic heterocycles. The number of nitrogens with one attached hydrogen (secondary N) is 1. The van der Waals surface area contributed by atoms with Gasteiger partial charge in [-0.1, -0.05) is 36.4 Å². The van der Waals surface area contributed by atoms with Crippen molar-refractivity contribution in [1.29, 1.82) is 0 Å². The van der Waals surface area contributed by atoms with Crippen LogP contribution in [0.3, 0.4) is 0 Å². The molecule has 0 fully saturated rings. The van der Waals surface area contributed by atoms with Crippen molar-refractivity contribution in [2.24, 2.45) is 17.3 Å². The number of aromatic nitrogens is 2. The highest BCUT2D eigenvalue weighted by molar-refractivity contribution is 5.80. The lowest BCUT2D eigenvalue weighted by atomic mass is 10.1. The summed E-state index contributed by atoms with van der Waals surface area (Å²) in [5.74, 6) is 0.651. The molecular formula is C21H21N5O2. The number of hydrogen-bond donors (Lipinski definition) is 2. The van der Waals surface area contributed by atoms with Gasteiger partial charge in [-0.3, -0.25) is 4.57 Å². The van der Waals surface area contributed by atoms with Crippen LogP contribution in [0.5, 0.6) is 5.88 Å². The van der Waals surface area contributed by atoms with Crippen LogP contribution >= 0.6 is 0 Å². The predicted molar refractivity (Wildman–Crippen MR) is 108 cm³/mol. The Morgan fingerprint density at radius 3 is 2.82 bits per heavy atom. The maximum absolute atomic E-state index is 10.5. The molecule has 1 atom stereocenters. The highest BCUT2D eigenvalue weighted by Gasteiger charge is 2.17. The summed E-state index contributed by atoms with van der Waals surface area (Å²) >= 11 is 0. The van der Waals surface area contributed by atoms with Crippen LogP contribution in [-0.2, 0) is 11.8 Å². The van der Waals surface area contributed by atoms with E-state index in [1.54, 1.807) is 24.9 Å². The summed E-state index contributed by atoms with van der Waals surface area (Å²) in [6.07, 6.45) is 3.55. The van der Waals surface area contributed by atoms with Gasteiger partial charge < -0.3 is 15.2 Å². The van der Waals surface area contributed by atoms with Crippen molar-refractivity contribution >= 4 is 18.2 Å². The molecule has 0 amide bonds. The summed E-state index contributed by atoms with van der Waals surface area (Å²) in [5, 5.41) is 23.6. The molecule has 0 spiro atoms. The van der Waals surface area contributed by atoms with Crippen molar-refractivity contribution in [2.75, 3.05) is 19.0 Å². The second-order valence-electron chi connectivity index (χ2n) is 6.57. The summed E-state index contributed by atoms with van der Waals surface area (Å²) in [6, 6.07) is 15.7. The predicted octanol–water partition coefficient (Wildman–Crippen LogP) is 1.72. The standard InChI is InChI=1S/C21H21N5O2/c1-26-20(27)18(11-14-8-9-17-16(10-14)12-22-25-17)23-21(26)24-19(13-28-2)15-6-4-3-5-7-15/h3-12,19,27H,13H2,1-2H3,(H,23,24). The van der Waals surface area contributed by atoms with Crippen LogP contribution < -0.4 is 15.9 Å². The molecule has 7 nitrogen and oxygen atoms in total. The number of hydrogen-bond acceptors (Lipinski definition) is 6. The number of benzene rings is 2. The van der Waals surface area contributed by atoms with Crippen molar-refractivity contribution in [2.45, 2.75) is 6.04 Å². The van der Waals surface area contributed by atoms with Crippen molar-refractivity contribution < 1.29 is 9.84 Å². The molecule has 2 aromatic carbocycles. The number of anilines is 1. The summed E-state index contributed by atoms with van der Waals surface area (Å²) in [4.78, 5) is 4.58. The van der Waals surface area contributed by atoms with E-state index in [9.17, 15) is 5.11 Å².